The number of amides is 1. The summed E-state index contributed by atoms with van der Waals surface area (Å²) in [6.45, 7) is 8.01. The van der Waals surface area contributed by atoms with Gasteiger partial charge in [-0.15, -0.1) is 0 Å². The van der Waals surface area contributed by atoms with Crippen LogP contribution in [0, 0.1) is 6.92 Å². The van der Waals surface area contributed by atoms with E-state index in [4.69, 9.17) is 5.73 Å². The third-order valence-electron chi connectivity index (χ3n) is 3.73. The Balaban J connectivity index is 2.32. The number of hydrogen-bond donors (Lipinski definition) is 2. The van der Waals surface area contributed by atoms with Gasteiger partial charge in [0, 0.05) is 23.8 Å². The molecule has 0 aliphatic rings. The number of anilines is 1. The Morgan fingerprint density at radius 1 is 1.35 bits per heavy atom. The molecule has 0 unspecified atom stereocenters. The van der Waals surface area contributed by atoms with E-state index in [0.717, 1.165) is 24.9 Å². The summed E-state index contributed by atoms with van der Waals surface area (Å²) in [7, 11) is 2.12. The fourth-order valence-corrected chi connectivity index (χ4v) is 1.94. The lowest BCUT2D eigenvalue weighted by Crippen LogP contribution is -2.29. The monoisotopic (exact) mass is 277 g/mol. The molecular formula is C16H27N3O. The molecule has 0 fully saturated rings. The number of carbonyl (C=O) groups excluding carboxylic acids is 1. The van der Waals surface area contributed by atoms with E-state index in [2.05, 4.69) is 31.1 Å². The molecule has 3 N–H and O–H groups in total. The molecule has 1 amide bonds. The van der Waals surface area contributed by atoms with Crippen LogP contribution in [-0.2, 0) is 0 Å². The Morgan fingerprint density at radius 2 is 2.05 bits per heavy atom. The SMILES string of the molecule is Cc1c(N)cccc1C(=O)NCCCCN(C)C(C)C. The van der Waals surface area contributed by atoms with E-state index in [-0.39, 0.29) is 5.91 Å². The highest BCUT2D eigenvalue weighted by Crippen LogP contribution is 2.15. The molecule has 0 atom stereocenters. The topological polar surface area (TPSA) is 58.4 Å². The van der Waals surface area contributed by atoms with Crippen LogP contribution < -0.4 is 11.1 Å². The molecule has 0 heterocycles. The van der Waals surface area contributed by atoms with Crippen molar-refractivity contribution in [3.63, 3.8) is 0 Å². The van der Waals surface area contributed by atoms with E-state index in [1.807, 2.05) is 25.1 Å². The standard InChI is InChI=1S/C16H27N3O/c1-12(2)19(4)11-6-5-10-18-16(20)14-8-7-9-15(17)13(14)3/h7-9,12H,5-6,10-11,17H2,1-4H3,(H,18,20). The summed E-state index contributed by atoms with van der Waals surface area (Å²) >= 11 is 0. The zero-order valence-corrected chi connectivity index (χ0v) is 13.1. The van der Waals surface area contributed by atoms with Gasteiger partial charge in [-0.1, -0.05) is 6.07 Å². The van der Waals surface area contributed by atoms with E-state index in [1.54, 1.807) is 0 Å². The Labute approximate surface area is 122 Å². The van der Waals surface area contributed by atoms with Crippen LogP contribution in [0.5, 0.6) is 0 Å². The number of carbonyl (C=O) groups is 1. The highest BCUT2D eigenvalue weighted by atomic mass is 16.1. The lowest BCUT2D eigenvalue weighted by Gasteiger charge is -2.20. The van der Waals surface area contributed by atoms with E-state index < -0.39 is 0 Å². The van der Waals surface area contributed by atoms with Crippen molar-refractivity contribution in [3.8, 4) is 0 Å². The Morgan fingerprint density at radius 3 is 2.70 bits per heavy atom. The van der Waals surface area contributed by atoms with Gasteiger partial charge in [0.1, 0.15) is 0 Å². The van der Waals surface area contributed by atoms with E-state index in [9.17, 15) is 4.79 Å². The van der Waals surface area contributed by atoms with Crippen molar-refractivity contribution in [2.24, 2.45) is 0 Å². The summed E-state index contributed by atoms with van der Waals surface area (Å²) in [6, 6.07) is 6.01. The number of nitrogens with one attached hydrogen (secondary N) is 1. The quantitative estimate of drug-likeness (QED) is 0.594. The second-order valence-electron chi connectivity index (χ2n) is 5.56. The molecule has 0 radical (unpaired) electrons. The minimum atomic E-state index is -0.0352. The Kier molecular flexibility index (Phi) is 6.52. The van der Waals surface area contributed by atoms with Crippen LogP contribution >= 0.6 is 0 Å². The number of rotatable bonds is 7. The predicted molar refractivity (Wildman–Crippen MR) is 84.9 cm³/mol. The number of nitrogens with two attached hydrogens (primary N) is 1. The molecule has 0 bridgehead atoms. The number of hydrogen-bond acceptors (Lipinski definition) is 3. The van der Waals surface area contributed by atoms with Crippen LogP contribution in [0.25, 0.3) is 0 Å². The van der Waals surface area contributed by atoms with Crippen LogP contribution in [0.2, 0.25) is 0 Å². The molecule has 4 nitrogen and oxygen atoms in total. The van der Waals surface area contributed by atoms with Crippen molar-refractivity contribution in [2.45, 2.75) is 39.7 Å². The van der Waals surface area contributed by atoms with Crippen LogP contribution in [0.15, 0.2) is 18.2 Å². The molecular weight excluding hydrogens is 250 g/mol. The van der Waals surface area contributed by atoms with Gasteiger partial charge >= 0.3 is 0 Å². The van der Waals surface area contributed by atoms with Crippen molar-refractivity contribution < 1.29 is 4.79 Å². The third-order valence-corrected chi connectivity index (χ3v) is 3.73. The maximum Gasteiger partial charge on any atom is 0.251 e. The van der Waals surface area contributed by atoms with Crippen molar-refractivity contribution >= 4 is 11.6 Å². The first-order valence-corrected chi connectivity index (χ1v) is 7.27. The van der Waals surface area contributed by atoms with Crippen molar-refractivity contribution in [2.75, 3.05) is 25.9 Å². The summed E-state index contributed by atoms with van der Waals surface area (Å²) in [5.74, 6) is -0.0352. The second-order valence-corrected chi connectivity index (χ2v) is 5.56. The molecule has 1 aromatic rings. The van der Waals surface area contributed by atoms with Gasteiger partial charge in [-0.05, 0) is 64.9 Å². The van der Waals surface area contributed by atoms with Gasteiger partial charge in [0.15, 0.2) is 0 Å². The lowest BCUT2D eigenvalue weighted by atomic mass is 10.1. The average Bonchev–Trinajstić information content (AvgIpc) is 2.40. The lowest BCUT2D eigenvalue weighted by molar-refractivity contribution is 0.0952. The van der Waals surface area contributed by atoms with Gasteiger partial charge in [-0.3, -0.25) is 4.79 Å². The zero-order valence-electron chi connectivity index (χ0n) is 13.1. The number of benzene rings is 1. The zero-order chi connectivity index (χ0) is 15.1. The minimum Gasteiger partial charge on any atom is -0.398 e. The van der Waals surface area contributed by atoms with Crippen LogP contribution in [0.1, 0.15) is 42.6 Å². The average molecular weight is 277 g/mol. The van der Waals surface area contributed by atoms with E-state index in [1.165, 1.54) is 0 Å². The second kappa shape index (κ2) is 7.90. The Hall–Kier alpha value is -1.55. The predicted octanol–water partition coefficient (Wildman–Crippen LogP) is 2.43. The smallest absolute Gasteiger partial charge is 0.251 e. The molecule has 0 aromatic heterocycles. The first-order valence-electron chi connectivity index (χ1n) is 7.27. The van der Waals surface area contributed by atoms with Gasteiger partial charge in [0.05, 0.1) is 0 Å². The van der Waals surface area contributed by atoms with Crippen molar-refractivity contribution in [3.05, 3.63) is 29.3 Å². The fourth-order valence-electron chi connectivity index (χ4n) is 1.94. The fraction of sp³-hybridized carbons (Fsp3) is 0.562. The van der Waals surface area contributed by atoms with Crippen LogP contribution in [0.4, 0.5) is 5.69 Å². The van der Waals surface area contributed by atoms with Crippen LogP contribution in [-0.4, -0.2) is 37.0 Å². The highest BCUT2D eigenvalue weighted by Gasteiger charge is 2.09. The van der Waals surface area contributed by atoms with Crippen molar-refractivity contribution in [1.82, 2.24) is 10.2 Å². The van der Waals surface area contributed by atoms with Gasteiger partial charge < -0.3 is 16.0 Å². The molecule has 112 valence electrons. The molecule has 0 spiro atoms. The first kappa shape index (κ1) is 16.5. The number of nitrogens with zero attached hydrogens (tertiary/aromatic N) is 1. The largest absolute Gasteiger partial charge is 0.398 e. The van der Waals surface area contributed by atoms with Gasteiger partial charge in [0.25, 0.3) is 5.91 Å². The molecule has 0 saturated heterocycles. The number of unbranched alkanes of at least 4 members (excludes halogenated alkanes) is 1. The molecule has 0 aliphatic heterocycles. The molecule has 0 aliphatic carbocycles. The molecule has 20 heavy (non-hydrogen) atoms. The van der Waals surface area contributed by atoms with Crippen LogP contribution in [0.3, 0.4) is 0 Å². The maximum atomic E-state index is 12.0. The summed E-state index contributed by atoms with van der Waals surface area (Å²) in [5.41, 5.74) is 8.00. The summed E-state index contributed by atoms with van der Waals surface area (Å²) in [5, 5.41) is 2.96. The molecule has 1 aromatic carbocycles. The highest BCUT2D eigenvalue weighted by molar-refractivity contribution is 5.96. The first-order chi connectivity index (χ1) is 9.43. The molecule has 1 rings (SSSR count). The summed E-state index contributed by atoms with van der Waals surface area (Å²) in [4.78, 5) is 14.4. The van der Waals surface area contributed by atoms with E-state index in [0.29, 0.717) is 23.8 Å². The third kappa shape index (κ3) is 4.85. The Bertz CT molecular complexity index is 443. The van der Waals surface area contributed by atoms with E-state index >= 15 is 0 Å². The van der Waals surface area contributed by atoms with Gasteiger partial charge in [-0.25, -0.2) is 0 Å². The maximum absolute atomic E-state index is 12.0. The summed E-state index contributed by atoms with van der Waals surface area (Å²) in [6.07, 6.45) is 2.08. The number of nitrogen functional groups attached to an aromatic ring is 1. The van der Waals surface area contributed by atoms with Crippen molar-refractivity contribution in [1.29, 1.82) is 0 Å². The minimum absolute atomic E-state index is 0.0352. The summed E-state index contributed by atoms with van der Waals surface area (Å²) < 4.78 is 0. The van der Waals surface area contributed by atoms with Gasteiger partial charge in [-0.2, -0.15) is 0 Å². The van der Waals surface area contributed by atoms with Gasteiger partial charge in [0.2, 0.25) is 0 Å². The molecule has 4 heteroatoms. The normalized spacial score (nSPS) is 11.1. The molecule has 0 saturated carbocycles.